The minimum Gasteiger partial charge on any atom is -0.486 e. The first-order valence-electron chi connectivity index (χ1n) is 9.74. The van der Waals surface area contributed by atoms with Crippen molar-refractivity contribution >= 4 is 21.4 Å². The van der Waals surface area contributed by atoms with Crippen LogP contribution in [0.1, 0.15) is 12.8 Å². The summed E-state index contributed by atoms with van der Waals surface area (Å²) in [4.78, 5) is 12.8. The molecule has 0 unspecified atom stereocenters. The van der Waals surface area contributed by atoms with Crippen LogP contribution in [-0.2, 0) is 10.0 Å². The normalized spacial score (nSPS) is 18.9. The zero-order chi connectivity index (χ0) is 21.3. The van der Waals surface area contributed by atoms with E-state index in [1.54, 1.807) is 11.9 Å². The fourth-order valence-electron chi connectivity index (χ4n) is 3.77. The van der Waals surface area contributed by atoms with Gasteiger partial charge in [-0.2, -0.15) is 4.31 Å². The minimum absolute atomic E-state index is 0.0561. The van der Waals surface area contributed by atoms with E-state index in [0.29, 0.717) is 43.4 Å². The summed E-state index contributed by atoms with van der Waals surface area (Å²) in [6, 6.07) is 11.4. The van der Waals surface area contributed by atoms with Crippen molar-refractivity contribution in [2.75, 3.05) is 38.2 Å². The zero-order valence-corrected chi connectivity index (χ0v) is 17.4. The van der Waals surface area contributed by atoms with Gasteiger partial charge < -0.3 is 14.4 Å². The molecular formula is C20H23N3O6S. The molecule has 9 nitrogen and oxygen atoms in total. The number of likely N-dealkylation sites (N-methyl/N-ethyl adjacent to an activating group) is 1. The van der Waals surface area contributed by atoms with Gasteiger partial charge in [0.25, 0.3) is 5.69 Å². The van der Waals surface area contributed by atoms with E-state index in [4.69, 9.17) is 9.47 Å². The van der Waals surface area contributed by atoms with Gasteiger partial charge in [-0.15, -0.1) is 0 Å². The van der Waals surface area contributed by atoms with Gasteiger partial charge in [-0.05, 0) is 37.1 Å². The Kier molecular flexibility index (Phi) is 5.52. The lowest BCUT2D eigenvalue weighted by atomic mass is 10.2. The molecule has 0 aromatic heterocycles. The van der Waals surface area contributed by atoms with E-state index < -0.39 is 14.9 Å². The first kappa shape index (κ1) is 20.4. The summed E-state index contributed by atoms with van der Waals surface area (Å²) < 4.78 is 38.6. The fraction of sp³-hybridized carbons (Fsp3) is 0.400. The summed E-state index contributed by atoms with van der Waals surface area (Å²) in [6.45, 7) is 1.54. The number of fused-ring (bicyclic) bond motifs is 1. The summed E-state index contributed by atoms with van der Waals surface area (Å²) in [5.74, 6) is 1.29. The van der Waals surface area contributed by atoms with Gasteiger partial charge >= 0.3 is 0 Å². The second-order valence-electron chi connectivity index (χ2n) is 7.40. The number of sulfonamides is 1. The molecule has 1 fully saturated rings. The zero-order valence-electron chi connectivity index (χ0n) is 16.6. The highest BCUT2D eigenvalue weighted by molar-refractivity contribution is 7.89. The molecule has 0 saturated carbocycles. The fourth-order valence-corrected chi connectivity index (χ4v) is 5.30. The number of benzene rings is 2. The topological polar surface area (TPSA) is 102 Å². The molecule has 10 heteroatoms. The molecular weight excluding hydrogens is 410 g/mol. The van der Waals surface area contributed by atoms with Gasteiger partial charge in [0, 0.05) is 26.2 Å². The predicted molar refractivity (Wildman–Crippen MR) is 111 cm³/mol. The monoisotopic (exact) mass is 433 g/mol. The Labute approximate surface area is 175 Å². The highest BCUT2D eigenvalue weighted by Gasteiger charge is 2.31. The SMILES string of the molecule is CN(C[C@@H]1COc2ccccc2O1)c1ccc(S(=O)(=O)N2CCCC2)cc1[N+](=O)[O-]. The van der Waals surface area contributed by atoms with Crippen LogP contribution in [0.2, 0.25) is 0 Å². The number of ether oxygens (including phenoxy) is 2. The Balaban J connectivity index is 1.55. The molecule has 2 aliphatic heterocycles. The van der Waals surface area contributed by atoms with Gasteiger partial charge in [0.05, 0.1) is 16.4 Å². The highest BCUT2D eigenvalue weighted by atomic mass is 32.2. The molecule has 0 spiro atoms. The summed E-state index contributed by atoms with van der Waals surface area (Å²) in [5, 5.41) is 11.7. The van der Waals surface area contributed by atoms with E-state index in [1.165, 1.54) is 16.4 Å². The van der Waals surface area contributed by atoms with Crippen LogP contribution in [0.4, 0.5) is 11.4 Å². The van der Waals surface area contributed by atoms with Gasteiger partial charge in [-0.25, -0.2) is 8.42 Å². The van der Waals surface area contributed by atoms with Gasteiger partial charge in [0.1, 0.15) is 12.3 Å². The van der Waals surface area contributed by atoms with E-state index in [-0.39, 0.29) is 16.7 Å². The lowest BCUT2D eigenvalue weighted by Gasteiger charge is -2.30. The molecule has 4 rings (SSSR count). The first-order chi connectivity index (χ1) is 14.4. The molecule has 2 aliphatic rings. The molecule has 2 heterocycles. The molecule has 0 radical (unpaired) electrons. The van der Waals surface area contributed by atoms with Gasteiger partial charge in [0.15, 0.2) is 17.6 Å². The summed E-state index contributed by atoms with van der Waals surface area (Å²) >= 11 is 0. The number of hydrogen-bond acceptors (Lipinski definition) is 7. The van der Waals surface area contributed by atoms with Crippen molar-refractivity contribution in [3.05, 3.63) is 52.6 Å². The number of nitro groups is 1. The molecule has 0 N–H and O–H groups in total. The number of nitrogens with zero attached hydrogens (tertiary/aromatic N) is 3. The number of hydrogen-bond donors (Lipinski definition) is 0. The number of rotatable bonds is 6. The van der Waals surface area contributed by atoms with Gasteiger partial charge in [-0.3, -0.25) is 10.1 Å². The third-order valence-electron chi connectivity index (χ3n) is 5.30. The molecule has 30 heavy (non-hydrogen) atoms. The van der Waals surface area contributed by atoms with E-state index in [2.05, 4.69) is 0 Å². The van der Waals surface area contributed by atoms with Crippen LogP contribution in [0.5, 0.6) is 11.5 Å². The van der Waals surface area contributed by atoms with Crippen LogP contribution in [0.25, 0.3) is 0 Å². The third-order valence-corrected chi connectivity index (χ3v) is 7.20. The lowest BCUT2D eigenvalue weighted by molar-refractivity contribution is -0.384. The van der Waals surface area contributed by atoms with Gasteiger partial charge in [0.2, 0.25) is 10.0 Å². The quantitative estimate of drug-likeness (QED) is 0.510. The standard InChI is InChI=1S/C20H23N3O6S/c1-21(13-15-14-28-19-6-2-3-7-20(19)29-15)17-9-8-16(12-18(17)23(24)25)30(26,27)22-10-4-5-11-22/h2-3,6-9,12,15H,4-5,10-11,13-14H2,1H3/t15-/m1/s1. The summed E-state index contributed by atoms with van der Waals surface area (Å²) in [6.07, 6.45) is 1.28. The molecule has 2 aromatic carbocycles. The van der Waals surface area contributed by atoms with Crippen LogP contribution in [0.15, 0.2) is 47.4 Å². The summed E-state index contributed by atoms with van der Waals surface area (Å²) in [7, 11) is -2.02. The minimum atomic E-state index is -3.73. The molecule has 160 valence electrons. The van der Waals surface area contributed by atoms with Crippen molar-refractivity contribution < 1.29 is 22.8 Å². The van der Waals surface area contributed by atoms with Crippen molar-refractivity contribution in [3.8, 4) is 11.5 Å². The van der Waals surface area contributed by atoms with Crippen LogP contribution >= 0.6 is 0 Å². The van der Waals surface area contributed by atoms with Crippen LogP contribution < -0.4 is 14.4 Å². The smallest absolute Gasteiger partial charge is 0.293 e. The van der Waals surface area contributed by atoms with E-state index in [0.717, 1.165) is 18.9 Å². The molecule has 0 amide bonds. The maximum atomic E-state index is 12.8. The number of para-hydroxylation sites is 2. The predicted octanol–water partition coefficient (Wildman–Crippen LogP) is 2.66. The van der Waals surface area contributed by atoms with Crippen LogP contribution in [-0.4, -0.2) is 57.0 Å². The molecule has 0 bridgehead atoms. The van der Waals surface area contributed by atoms with Crippen molar-refractivity contribution in [2.45, 2.75) is 23.8 Å². The van der Waals surface area contributed by atoms with Crippen LogP contribution in [0, 0.1) is 10.1 Å². The van der Waals surface area contributed by atoms with E-state index in [1.807, 2.05) is 24.3 Å². The largest absolute Gasteiger partial charge is 0.486 e. The Bertz CT molecular complexity index is 1050. The number of anilines is 1. The Morgan fingerprint density at radius 3 is 2.57 bits per heavy atom. The second kappa shape index (κ2) is 8.11. The average molecular weight is 433 g/mol. The second-order valence-corrected chi connectivity index (χ2v) is 9.33. The molecule has 0 aliphatic carbocycles. The van der Waals surface area contributed by atoms with Crippen molar-refractivity contribution in [1.82, 2.24) is 4.31 Å². The van der Waals surface area contributed by atoms with Crippen LogP contribution in [0.3, 0.4) is 0 Å². The van der Waals surface area contributed by atoms with Gasteiger partial charge in [-0.1, -0.05) is 12.1 Å². The molecule has 1 saturated heterocycles. The summed E-state index contributed by atoms with van der Waals surface area (Å²) in [5.41, 5.74) is 0.0673. The Morgan fingerprint density at radius 1 is 1.17 bits per heavy atom. The average Bonchev–Trinajstić information content (AvgIpc) is 3.29. The highest BCUT2D eigenvalue weighted by Crippen LogP contribution is 2.34. The maximum absolute atomic E-state index is 12.8. The number of nitro benzene ring substituents is 1. The lowest BCUT2D eigenvalue weighted by Crippen LogP contribution is -2.39. The molecule has 2 aromatic rings. The Morgan fingerprint density at radius 2 is 1.87 bits per heavy atom. The Hall–Kier alpha value is -2.85. The third kappa shape index (κ3) is 3.92. The van der Waals surface area contributed by atoms with Crippen molar-refractivity contribution in [3.63, 3.8) is 0 Å². The van der Waals surface area contributed by atoms with E-state index in [9.17, 15) is 18.5 Å². The molecule has 1 atom stereocenters. The maximum Gasteiger partial charge on any atom is 0.293 e. The van der Waals surface area contributed by atoms with E-state index >= 15 is 0 Å². The van der Waals surface area contributed by atoms with Crippen molar-refractivity contribution in [1.29, 1.82) is 0 Å². The van der Waals surface area contributed by atoms with Crippen molar-refractivity contribution in [2.24, 2.45) is 0 Å². The first-order valence-corrected chi connectivity index (χ1v) is 11.2.